The van der Waals surface area contributed by atoms with Crippen LogP contribution in [0.3, 0.4) is 0 Å². The molecule has 0 radical (unpaired) electrons. The van der Waals surface area contributed by atoms with E-state index in [1.807, 2.05) is 30.3 Å². The number of halogens is 3. The number of aromatic nitrogens is 3. The van der Waals surface area contributed by atoms with Crippen LogP contribution in [0.1, 0.15) is 36.8 Å². The van der Waals surface area contributed by atoms with Crippen LogP contribution in [0.2, 0.25) is 0 Å². The van der Waals surface area contributed by atoms with Crippen molar-refractivity contribution in [3.63, 3.8) is 0 Å². The van der Waals surface area contributed by atoms with Crippen LogP contribution in [-0.4, -0.2) is 64.5 Å². The van der Waals surface area contributed by atoms with Gasteiger partial charge in [-0.3, -0.25) is 0 Å². The number of hydrogen-bond acceptors (Lipinski definition) is 10. The average Bonchev–Trinajstić information content (AvgIpc) is 3.06. The summed E-state index contributed by atoms with van der Waals surface area (Å²) in [5, 5.41) is 15.8. The van der Waals surface area contributed by atoms with Crippen molar-refractivity contribution in [2.24, 2.45) is 0 Å². The van der Waals surface area contributed by atoms with E-state index in [-0.39, 0.29) is 37.8 Å². The number of hydrogen-bond donors (Lipinski definition) is 3. The maximum absolute atomic E-state index is 13.0. The van der Waals surface area contributed by atoms with E-state index in [0.717, 1.165) is 24.4 Å². The Labute approximate surface area is 269 Å². The zero-order chi connectivity index (χ0) is 33.4. The number of ether oxygens (including phenoxy) is 3. The summed E-state index contributed by atoms with van der Waals surface area (Å²) in [5.41, 5.74) is -0.408. The maximum atomic E-state index is 13.0. The number of rotatable bonds is 13. The molecule has 248 valence electrons. The van der Waals surface area contributed by atoms with Gasteiger partial charge in [0.1, 0.15) is 24.7 Å². The van der Waals surface area contributed by atoms with Crippen LogP contribution >= 0.6 is 0 Å². The molecule has 1 aromatic heterocycles. The van der Waals surface area contributed by atoms with Gasteiger partial charge in [-0.25, -0.2) is 4.79 Å². The van der Waals surface area contributed by atoms with E-state index in [2.05, 4.69) is 30.5 Å². The highest BCUT2D eigenvalue weighted by atomic mass is 19.4. The maximum Gasteiger partial charge on any atom is 0.416 e. The van der Waals surface area contributed by atoms with Gasteiger partial charge in [0.2, 0.25) is 5.95 Å². The lowest BCUT2D eigenvalue weighted by atomic mass is 10.1. The molecule has 0 saturated carbocycles. The second-order valence-electron chi connectivity index (χ2n) is 11.2. The van der Waals surface area contributed by atoms with Gasteiger partial charge in [0.25, 0.3) is 0 Å². The Morgan fingerprint density at radius 3 is 2.30 bits per heavy atom. The minimum absolute atomic E-state index is 0.0619. The molecule has 11 nitrogen and oxygen atoms in total. The molecule has 3 N–H and O–H groups in total. The molecule has 14 heteroatoms. The smallest absolute Gasteiger partial charge is 0.416 e. The molecule has 0 bridgehead atoms. The van der Waals surface area contributed by atoms with Gasteiger partial charge in [0.05, 0.1) is 11.6 Å². The second-order valence-corrected chi connectivity index (χ2v) is 11.2. The monoisotopic (exact) mass is 652 g/mol. The van der Waals surface area contributed by atoms with Crippen molar-refractivity contribution in [1.29, 1.82) is 0 Å². The first-order valence-corrected chi connectivity index (χ1v) is 14.9. The molecule has 4 aromatic rings. The molecule has 2 heterocycles. The fraction of sp³-hybridized carbons (Fsp3) is 0.333. The fourth-order valence-electron chi connectivity index (χ4n) is 4.70. The largest absolute Gasteiger partial charge is 0.490 e. The van der Waals surface area contributed by atoms with Crippen LogP contribution in [0, 0.1) is 0 Å². The Bertz CT molecular complexity index is 1620. The summed E-state index contributed by atoms with van der Waals surface area (Å²) in [6.07, 6.45) is -4.41. The molecule has 1 unspecified atom stereocenters. The predicted octanol–water partition coefficient (Wildman–Crippen LogP) is 5.35. The lowest BCUT2D eigenvalue weighted by Crippen LogP contribution is -2.46. The normalized spacial score (nSPS) is 15.2. The summed E-state index contributed by atoms with van der Waals surface area (Å²) >= 11 is 0. The van der Waals surface area contributed by atoms with E-state index in [9.17, 15) is 23.1 Å². The van der Waals surface area contributed by atoms with Crippen molar-refractivity contribution < 1.29 is 37.3 Å². The molecule has 1 aliphatic rings. The highest BCUT2D eigenvalue weighted by Crippen LogP contribution is 2.29. The SMILES string of the molecule is CC(C)(Oc1ccc(OCCOc2nc(NCc3ccc(C(F)(F)F)cc3)nc(C3CN(c4ccccc4)CCN3)n2)cc1)C(=O)O. The highest BCUT2D eigenvalue weighted by molar-refractivity contribution is 5.76. The standard InChI is InChI=1S/C33H35F3N6O5/c1-32(2,29(43)44)47-26-14-12-25(13-15-26)45-18-19-46-31-40-28(27-21-42(17-16-37-27)24-6-4-3-5-7-24)39-30(41-31)38-20-22-8-10-23(11-9-22)33(34,35)36/h3-15,27,37H,16-21H2,1-2H3,(H,43,44)(H,38,39,40,41). The average molecular weight is 653 g/mol. The Kier molecular flexibility index (Phi) is 10.3. The van der Waals surface area contributed by atoms with Gasteiger partial charge in [0.15, 0.2) is 11.4 Å². The second kappa shape index (κ2) is 14.5. The summed E-state index contributed by atoms with van der Waals surface area (Å²) in [5.74, 6) is 0.492. The Hall–Kier alpha value is -5.11. The molecule has 0 spiro atoms. The van der Waals surface area contributed by atoms with Crippen LogP contribution in [-0.2, 0) is 17.5 Å². The number of aliphatic carboxylic acids is 1. The third kappa shape index (κ3) is 9.22. The minimum atomic E-state index is -4.41. The molecule has 1 aliphatic heterocycles. The van der Waals surface area contributed by atoms with Crippen molar-refractivity contribution in [2.75, 3.05) is 43.1 Å². The molecule has 0 aliphatic carbocycles. The first kappa shape index (κ1) is 33.3. The zero-order valence-electron chi connectivity index (χ0n) is 25.8. The molecule has 1 fully saturated rings. The van der Waals surface area contributed by atoms with Crippen LogP contribution < -0.4 is 29.7 Å². The van der Waals surface area contributed by atoms with Gasteiger partial charge in [-0.2, -0.15) is 28.1 Å². The van der Waals surface area contributed by atoms with Crippen molar-refractivity contribution in [3.05, 3.63) is 95.8 Å². The number of alkyl halides is 3. The van der Waals surface area contributed by atoms with Crippen molar-refractivity contribution in [2.45, 2.75) is 38.2 Å². The minimum Gasteiger partial charge on any atom is -0.490 e. The van der Waals surface area contributed by atoms with Gasteiger partial charge >= 0.3 is 18.2 Å². The number of benzene rings is 3. The summed E-state index contributed by atoms with van der Waals surface area (Å²) in [6.45, 7) is 5.45. The van der Waals surface area contributed by atoms with Gasteiger partial charge in [-0.1, -0.05) is 30.3 Å². The number of piperazine rings is 1. The first-order chi connectivity index (χ1) is 22.5. The van der Waals surface area contributed by atoms with Crippen LogP contribution in [0.5, 0.6) is 17.5 Å². The predicted molar refractivity (Wildman–Crippen MR) is 168 cm³/mol. The number of para-hydroxylation sites is 1. The van der Waals surface area contributed by atoms with Gasteiger partial charge in [-0.15, -0.1) is 0 Å². The molecule has 3 aromatic carbocycles. The molecule has 47 heavy (non-hydrogen) atoms. The topological polar surface area (TPSA) is 131 Å². The Balaban J connectivity index is 1.25. The molecular weight excluding hydrogens is 617 g/mol. The third-order valence-corrected chi connectivity index (χ3v) is 7.27. The summed E-state index contributed by atoms with van der Waals surface area (Å²) in [4.78, 5) is 27.1. The van der Waals surface area contributed by atoms with Gasteiger partial charge in [-0.05, 0) is 67.9 Å². The quantitative estimate of drug-likeness (QED) is 0.162. The molecule has 5 rings (SSSR count). The number of anilines is 2. The Morgan fingerprint density at radius 2 is 1.62 bits per heavy atom. The molecule has 1 atom stereocenters. The van der Waals surface area contributed by atoms with Gasteiger partial charge < -0.3 is 34.9 Å². The number of carbonyl (C=O) groups is 1. The number of nitrogens with one attached hydrogen (secondary N) is 2. The third-order valence-electron chi connectivity index (χ3n) is 7.27. The fourth-order valence-corrected chi connectivity index (χ4v) is 4.70. The molecular formula is C33H35F3N6O5. The Morgan fingerprint density at radius 1 is 0.936 bits per heavy atom. The lowest BCUT2D eigenvalue weighted by Gasteiger charge is -2.34. The number of nitrogens with zero attached hydrogens (tertiary/aromatic N) is 4. The summed E-state index contributed by atoms with van der Waals surface area (Å²) < 4.78 is 56.1. The summed E-state index contributed by atoms with van der Waals surface area (Å²) in [6, 6.07) is 21.2. The van der Waals surface area contributed by atoms with E-state index < -0.39 is 23.3 Å². The summed E-state index contributed by atoms with van der Waals surface area (Å²) in [7, 11) is 0. The van der Waals surface area contributed by atoms with E-state index >= 15 is 0 Å². The lowest BCUT2D eigenvalue weighted by molar-refractivity contribution is -0.152. The number of carboxylic acids is 1. The highest BCUT2D eigenvalue weighted by Gasteiger charge is 2.30. The zero-order valence-corrected chi connectivity index (χ0v) is 25.8. The van der Waals surface area contributed by atoms with E-state index in [0.29, 0.717) is 36.0 Å². The molecule has 0 amide bonds. The van der Waals surface area contributed by atoms with Crippen molar-refractivity contribution in [1.82, 2.24) is 20.3 Å². The first-order valence-electron chi connectivity index (χ1n) is 14.9. The molecule has 1 saturated heterocycles. The van der Waals surface area contributed by atoms with Gasteiger partial charge in [0, 0.05) is 31.9 Å². The number of carboxylic acid groups (broad SMARTS) is 1. The van der Waals surface area contributed by atoms with E-state index in [1.54, 1.807) is 24.3 Å². The van der Waals surface area contributed by atoms with Crippen LogP contribution in [0.25, 0.3) is 0 Å². The van der Waals surface area contributed by atoms with Crippen LogP contribution in [0.4, 0.5) is 24.8 Å². The van der Waals surface area contributed by atoms with E-state index in [4.69, 9.17) is 14.2 Å². The van der Waals surface area contributed by atoms with Crippen LogP contribution in [0.15, 0.2) is 78.9 Å². The van der Waals surface area contributed by atoms with Crippen molar-refractivity contribution in [3.8, 4) is 17.5 Å². The van der Waals surface area contributed by atoms with Crippen molar-refractivity contribution >= 4 is 17.6 Å². The van der Waals surface area contributed by atoms with E-state index in [1.165, 1.54) is 26.0 Å².